The van der Waals surface area contributed by atoms with Crippen molar-refractivity contribution in [2.24, 2.45) is 0 Å². The highest BCUT2D eigenvalue weighted by molar-refractivity contribution is 5.63. The van der Waals surface area contributed by atoms with Crippen molar-refractivity contribution in [3.63, 3.8) is 0 Å². The summed E-state index contributed by atoms with van der Waals surface area (Å²) in [7, 11) is 0. The van der Waals surface area contributed by atoms with Crippen LogP contribution < -0.4 is 11.1 Å². The molecule has 102 valence electrons. The van der Waals surface area contributed by atoms with Crippen LogP contribution in [0.15, 0.2) is 42.5 Å². The Kier molecular flexibility index (Phi) is 4.21. The molecular formula is C16H16FN3. The van der Waals surface area contributed by atoms with Crippen molar-refractivity contribution in [3.8, 4) is 6.07 Å². The molecule has 1 atom stereocenters. The van der Waals surface area contributed by atoms with Gasteiger partial charge in [0.15, 0.2) is 0 Å². The Hall–Kier alpha value is -2.54. The fraction of sp³-hybridized carbons (Fsp3) is 0.188. The SMILES string of the molecule is CC(Cc1ccc(F)cc1)Nc1ccc(N)cc1C#N. The van der Waals surface area contributed by atoms with Crippen LogP contribution in [0.5, 0.6) is 0 Å². The quantitative estimate of drug-likeness (QED) is 0.837. The van der Waals surface area contributed by atoms with Crippen molar-refractivity contribution in [1.29, 1.82) is 5.26 Å². The molecule has 1 unspecified atom stereocenters. The van der Waals surface area contributed by atoms with Gasteiger partial charge in [0.1, 0.15) is 11.9 Å². The summed E-state index contributed by atoms with van der Waals surface area (Å²) in [5.74, 6) is -0.236. The van der Waals surface area contributed by atoms with Crippen LogP contribution in [0.4, 0.5) is 15.8 Å². The average molecular weight is 269 g/mol. The van der Waals surface area contributed by atoms with E-state index < -0.39 is 0 Å². The molecule has 0 saturated heterocycles. The molecule has 0 aliphatic heterocycles. The Bertz CT molecular complexity index is 629. The Morgan fingerprint density at radius 2 is 1.95 bits per heavy atom. The minimum atomic E-state index is -0.236. The van der Waals surface area contributed by atoms with Crippen LogP contribution in [0.25, 0.3) is 0 Å². The molecule has 4 heteroatoms. The van der Waals surface area contributed by atoms with Crippen LogP contribution in [0, 0.1) is 17.1 Å². The van der Waals surface area contributed by atoms with Gasteiger partial charge in [-0.3, -0.25) is 0 Å². The Balaban J connectivity index is 2.06. The van der Waals surface area contributed by atoms with Gasteiger partial charge in [-0.05, 0) is 49.2 Å². The zero-order valence-corrected chi connectivity index (χ0v) is 11.2. The van der Waals surface area contributed by atoms with Gasteiger partial charge in [0.25, 0.3) is 0 Å². The van der Waals surface area contributed by atoms with Crippen LogP contribution in [0.3, 0.4) is 0 Å². The molecule has 0 spiro atoms. The third-order valence-electron chi connectivity index (χ3n) is 3.02. The van der Waals surface area contributed by atoms with Gasteiger partial charge in [-0.25, -0.2) is 4.39 Å². The Morgan fingerprint density at radius 1 is 1.25 bits per heavy atom. The lowest BCUT2D eigenvalue weighted by molar-refractivity contribution is 0.626. The summed E-state index contributed by atoms with van der Waals surface area (Å²) in [5, 5.41) is 12.4. The predicted molar refractivity (Wildman–Crippen MR) is 78.8 cm³/mol. The second-order valence-corrected chi connectivity index (χ2v) is 4.79. The van der Waals surface area contributed by atoms with Crippen LogP contribution in [0.1, 0.15) is 18.1 Å². The maximum atomic E-state index is 12.8. The third-order valence-corrected chi connectivity index (χ3v) is 3.02. The van der Waals surface area contributed by atoms with Gasteiger partial charge in [0.2, 0.25) is 0 Å². The van der Waals surface area contributed by atoms with Crippen molar-refractivity contribution < 1.29 is 4.39 Å². The van der Waals surface area contributed by atoms with E-state index >= 15 is 0 Å². The normalized spacial score (nSPS) is 11.7. The summed E-state index contributed by atoms with van der Waals surface area (Å²) in [4.78, 5) is 0. The van der Waals surface area contributed by atoms with E-state index in [9.17, 15) is 4.39 Å². The van der Waals surface area contributed by atoms with Crippen molar-refractivity contribution >= 4 is 11.4 Å². The van der Waals surface area contributed by atoms with Crippen LogP contribution >= 0.6 is 0 Å². The van der Waals surface area contributed by atoms with Gasteiger partial charge in [0, 0.05) is 11.7 Å². The second-order valence-electron chi connectivity index (χ2n) is 4.79. The molecule has 3 N–H and O–H groups in total. The number of rotatable bonds is 4. The smallest absolute Gasteiger partial charge is 0.123 e. The topological polar surface area (TPSA) is 61.8 Å². The van der Waals surface area contributed by atoms with E-state index in [4.69, 9.17) is 11.0 Å². The van der Waals surface area contributed by atoms with E-state index in [1.165, 1.54) is 12.1 Å². The van der Waals surface area contributed by atoms with Gasteiger partial charge >= 0.3 is 0 Å². The number of hydrogen-bond acceptors (Lipinski definition) is 3. The van der Waals surface area contributed by atoms with Crippen LogP contribution in [-0.2, 0) is 6.42 Å². The number of nitrogens with one attached hydrogen (secondary N) is 1. The fourth-order valence-electron chi connectivity index (χ4n) is 2.07. The molecule has 0 radical (unpaired) electrons. The predicted octanol–water partition coefficient (Wildman–Crippen LogP) is 3.32. The van der Waals surface area contributed by atoms with E-state index in [0.29, 0.717) is 11.3 Å². The summed E-state index contributed by atoms with van der Waals surface area (Å²) in [6.45, 7) is 2.01. The zero-order chi connectivity index (χ0) is 14.5. The van der Waals surface area contributed by atoms with Crippen LogP contribution in [0.2, 0.25) is 0 Å². The van der Waals surface area contributed by atoms with Crippen molar-refractivity contribution in [2.45, 2.75) is 19.4 Å². The molecule has 0 aliphatic rings. The number of halogens is 1. The van der Waals surface area contributed by atoms with Crippen molar-refractivity contribution in [3.05, 3.63) is 59.4 Å². The number of anilines is 2. The Morgan fingerprint density at radius 3 is 2.60 bits per heavy atom. The minimum Gasteiger partial charge on any atom is -0.399 e. The van der Waals surface area contributed by atoms with E-state index in [-0.39, 0.29) is 11.9 Å². The first-order valence-corrected chi connectivity index (χ1v) is 6.39. The first-order chi connectivity index (χ1) is 9.58. The maximum absolute atomic E-state index is 12.8. The molecule has 2 aromatic carbocycles. The highest BCUT2D eigenvalue weighted by Crippen LogP contribution is 2.19. The number of nitrogens with zero attached hydrogens (tertiary/aromatic N) is 1. The summed E-state index contributed by atoms with van der Waals surface area (Å²) in [5.41, 5.74) is 8.55. The number of nitrogens with two attached hydrogens (primary N) is 1. The number of nitriles is 1. The fourth-order valence-corrected chi connectivity index (χ4v) is 2.07. The second kappa shape index (κ2) is 6.07. The minimum absolute atomic E-state index is 0.121. The van der Waals surface area contributed by atoms with Gasteiger partial charge in [-0.15, -0.1) is 0 Å². The average Bonchev–Trinajstić information content (AvgIpc) is 2.43. The summed E-state index contributed by atoms with van der Waals surface area (Å²) >= 11 is 0. The zero-order valence-electron chi connectivity index (χ0n) is 11.2. The molecular weight excluding hydrogens is 253 g/mol. The molecule has 0 aliphatic carbocycles. The van der Waals surface area contributed by atoms with Crippen LogP contribution in [-0.4, -0.2) is 6.04 Å². The molecule has 0 heterocycles. The lowest BCUT2D eigenvalue weighted by Crippen LogP contribution is -2.18. The number of hydrogen-bond donors (Lipinski definition) is 2. The molecule has 2 aromatic rings. The van der Waals surface area contributed by atoms with E-state index in [2.05, 4.69) is 11.4 Å². The van der Waals surface area contributed by atoms with Crippen molar-refractivity contribution in [2.75, 3.05) is 11.1 Å². The lowest BCUT2D eigenvalue weighted by atomic mass is 10.1. The summed E-state index contributed by atoms with van der Waals surface area (Å²) in [6, 6.07) is 13.9. The number of nitrogen functional groups attached to an aromatic ring is 1. The van der Waals surface area contributed by atoms with Gasteiger partial charge in [-0.2, -0.15) is 5.26 Å². The van der Waals surface area contributed by atoms with Gasteiger partial charge in [0.05, 0.1) is 11.3 Å². The highest BCUT2D eigenvalue weighted by atomic mass is 19.1. The molecule has 0 bridgehead atoms. The van der Waals surface area contributed by atoms with E-state index in [0.717, 1.165) is 17.7 Å². The first kappa shape index (κ1) is 13.9. The molecule has 0 fully saturated rings. The molecule has 20 heavy (non-hydrogen) atoms. The largest absolute Gasteiger partial charge is 0.399 e. The molecule has 0 saturated carbocycles. The third kappa shape index (κ3) is 3.48. The maximum Gasteiger partial charge on any atom is 0.123 e. The standard InChI is InChI=1S/C16H16FN3/c1-11(8-12-2-4-14(17)5-3-12)20-16-7-6-15(19)9-13(16)10-18/h2-7,9,11,20H,8,19H2,1H3. The highest BCUT2D eigenvalue weighted by Gasteiger charge is 2.07. The molecule has 0 aromatic heterocycles. The Labute approximate surface area is 117 Å². The molecule has 3 nitrogen and oxygen atoms in total. The van der Waals surface area contributed by atoms with Gasteiger partial charge < -0.3 is 11.1 Å². The molecule has 2 rings (SSSR count). The monoisotopic (exact) mass is 269 g/mol. The summed E-state index contributed by atoms with van der Waals surface area (Å²) < 4.78 is 12.8. The van der Waals surface area contributed by atoms with E-state index in [1.807, 2.05) is 6.92 Å². The van der Waals surface area contributed by atoms with Gasteiger partial charge in [-0.1, -0.05) is 12.1 Å². The first-order valence-electron chi connectivity index (χ1n) is 6.39. The number of benzene rings is 2. The lowest BCUT2D eigenvalue weighted by Gasteiger charge is -2.16. The summed E-state index contributed by atoms with van der Waals surface area (Å²) in [6.07, 6.45) is 0.746. The van der Waals surface area contributed by atoms with Crippen molar-refractivity contribution in [1.82, 2.24) is 0 Å². The van der Waals surface area contributed by atoms with E-state index in [1.54, 1.807) is 30.3 Å². The molecule has 0 amide bonds.